The molecule has 0 fully saturated rings. The lowest BCUT2D eigenvalue weighted by Crippen LogP contribution is -2.15. The van der Waals surface area contributed by atoms with Gasteiger partial charge in [-0.05, 0) is 23.8 Å². The summed E-state index contributed by atoms with van der Waals surface area (Å²) in [5, 5.41) is 10.1. The third kappa shape index (κ3) is 1.96. The van der Waals surface area contributed by atoms with E-state index in [1.807, 2.05) is 24.3 Å². The molecule has 0 bridgehead atoms. The summed E-state index contributed by atoms with van der Waals surface area (Å²) in [7, 11) is 0. The highest BCUT2D eigenvalue weighted by Crippen LogP contribution is 2.35. The fraction of sp³-hybridized carbons (Fsp3) is 0.385. The summed E-state index contributed by atoms with van der Waals surface area (Å²) in [6, 6.07) is 5.46. The fourth-order valence-electron chi connectivity index (χ4n) is 2.02. The summed E-state index contributed by atoms with van der Waals surface area (Å²) < 4.78 is 16.3. The monoisotopic (exact) mass is 234 g/mol. The summed E-state index contributed by atoms with van der Waals surface area (Å²) >= 11 is 0. The van der Waals surface area contributed by atoms with Crippen molar-refractivity contribution in [2.24, 2.45) is 0 Å². The molecule has 2 heterocycles. The zero-order chi connectivity index (χ0) is 11.7. The molecule has 1 aromatic carbocycles. The maximum Gasteiger partial charge on any atom is 0.161 e. The largest absolute Gasteiger partial charge is 0.495 e. The van der Waals surface area contributed by atoms with Gasteiger partial charge in [0, 0.05) is 6.42 Å². The van der Waals surface area contributed by atoms with Gasteiger partial charge in [0.05, 0.1) is 6.61 Å². The van der Waals surface area contributed by atoms with E-state index >= 15 is 0 Å². The van der Waals surface area contributed by atoms with Crippen LogP contribution in [-0.4, -0.2) is 24.9 Å². The fourth-order valence-corrected chi connectivity index (χ4v) is 2.02. The highest BCUT2D eigenvalue weighted by atomic mass is 16.6. The van der Waals surface area contributed by atoms with E-state index in [9.17, 15) is 5.11 Å². The van der Waals surface area contributed by atoms with E-state index in [4.69, 9.17) is 14.2 Å². The zero-order valence-corrected chi connectivity index (χ0v) is 9.39. The van der Waals surface area contributed by atoms with Crippen molar-refractivity contribution in [3.8, 4) is 11.5 Å². The van der Waals surface area contributed by atoms with Gasteiger partial charge in [0.15, 0.2) is 11.5 Å². The Morgan fingerprint density at radius 2 is 1.82 bits per heavy atom. The Kier molecular flexibility index (Phi) is 2.65. The molecular formula is C13H14O4. The van der Waals surface area contributed by atoms with Gasteiger partial charge in [0.25, 0.3) is 0 Å². The Morgan fingerprint density at radius 1 is 1.00 bits per heavy atom. The van der Waals surface area contributed by atoms with Crippen LogP contribution >= 0.6 is 0 Å². The molecule has 1 aromatic rings. The van der Waals surface area contributed by atoms with Crippen molar-refractivity contribution < 1.29 is 19.3 Å². The molecule has 17 heavy (non-hydrogen) atoms. The lowest BCUT2D eigenvalue weighted by atomic mass is 10.1. The molecule has 0 spiro atoms. The number of rotatable bonds is 2. The Labute approximate surface area is 99.4 Å². The molecule has 3 rings (SSSR count). The van der Waals surface area contributed by atoms with Crippen molar-refractivity contribution >= 4 is 0 Å². The van der Waals surface area contributed by atoms with Crippen molar-refractivity contribution in [2.45, 2.75) is 12.5 Å². The number of hydrogen-bond donors (Lipinski definition) is 1. The third-order valence-electron chi connectivity index (χ3n) is 2.88. The number of aliphatic hydroxyl groups excluding tert-OH is 1. The first-order valence-corrected chi connectivity index (χ1v) is 5.75. The number of fused-ring (bicyclic) bond motifs is 1. The molecule has 90 valence electrons. The van der Waals surface area contributed by atoms with E-state index in [2.05, 4.69) is 0 Å². The van der Waals surface area contributed by atoms with Crippen LogP contribution in [0.4, 0.5) is 0 Å². The van der Waals surface area contributed by atoms with Crippen molar-refractivity contribution in [1.82, 2.24) is 0 Å². The molecule has 0 saturated carbocycles. The van der Waals surface area contributed by atoms with Crippen LogP contribution in [0, 0.1) is 0 Å². The summed E-state index contributed by atoms with van der Waals surface area (Å²) in [4.78, 5) is 0. The van der Waals surface area contributed by atoms with Gasteiger partial charge in [-0.25, -0.2) is 0 Å². The number of aliphatic hydroxyl groups is 1. The second kappa shape index (κ2) is 4.30. The Morgan fingerprint density at radius 3 is 2.59 bits per heavy atom. The standard InChI is InChI=1S/C13H14O4/c14-13(11-2-1-5-15-11)9-3-4-10-12(8-9)17-7-6-16-10/h2-4,8,13-14H,1,5-7H2. The van der Waals surface area contributed by atoms with Crippen LogP contribution in [0.25, 0.3) is 0 Å². The zero-order valence-electron chi connectivity index (χ0n) is 9.39. The van der Waals surface area contributed by atoms with Gasteiger partial charge in [-0.15, -0.1) is 0 Å². The summed E-state index contributed by atoms with van der Waals surface area (Å²) in [5.41, 5.74) is 0.766. The van der Waals surface area contributed by atoms with Crippen LogP contribution < -0.4 is 9.47 Å². The number of hydrogen-bond acceptors (Lipinski definition) is 4. The van der Waals surface area contributed by atoms with Gasteiger partial charge in [0.2, 0.25) is 0 Å². The van der Waals surface area contributed by atoms with Gasteiger partial charge in [-0.1, -0.05) is 6.07 Å². The molecule has 0 aliphatic carbocycles. The van der Waals surface area contributed by atoms with Gasteiger partial charge >= 0.3 is 0 Å². The predicted octanol–water partition coefficient (Wildman–Crippen LogP) is 1.80. The molecule has 1 atom stereocenters. The van der Waals surface area contributed by atoms with Crippen LogP contribution in [0.15, 0.2) is 30.0 Å². The topological polar surface area (TPSA) is 47.9 Å². The molecule has 1 N–H and O–H groups in total. The average Bonchev–Trinajstić information content (AvgIpc) is 2.91. The van der Waals surface area contributed by atoms with Crippen LogP contribution in [-0.2, 0) is 4.74 Å². The quantitative estimate of drug-likeness (QED) is 0.847. The first kappa shape index (κ1) is 10.5. The second-order valence-corrected chi connectivity index (χ2v) is 4.05. The smallest absolute Gasteiger partial charge is 0.161 e. The normalized spacial score (nSPS) is 19.5. The molecule has 2 aliphatic rings. The number of ether oxygens (including phenoxy) is 3. The van der Waals surface area contributed by atoms with E-state index in [1.54, 1.807) is 0 Å². The highest BCUT2D eigenvalue weighted by molar-refractivity contribution is 5.45. The SMILES string of the molecule is OC(C1=CCCO1)c1ccc2c(c1)OCCO2. The van der Waals surface area contributed by atoms with Gasteiger partial charge < -0.3 is 19.3 Å². The van der Waals surface area contributed by atoms with Crippen molar-refractivity contribution in [3.63, 3.8) is 0 Å². The maximum absolute atomic E-state index is 10.1. The van der Waals surface area contributed by atoms with Crippen molar-refractivity contribution in [1.29, 1.82) is 0 Å². The van der Waals surface area contributed by atoms with Crippen LogP contribution in [0.1, 0.15) is 18.1 Å². The second-order valence-electron chi connectivity index (χ2n) is 4.05. The van der Waals surface area contributed by atoms with Gasteiger partial charge in [-0.3, -0.25) is 0 Å². The van der Waals surface area contributed by atoms with Crippen molar-refractivity contribution in [2.75, 3.05) is 19.8 Å². The number of benzene rings is 1. The molecule has 2 aliphatic heterocycles. The minimum Gasteiger partial charge on any atom is -0.495 e. The van der Waals surface area contributed by atoms with E-state index in [0.717, 1.165) is 17.7 Å². The van der Waals surface area contributed by atoms with Gasteiger partial charge in [0.1, 0.15) is 25.1 Å². The molecule has 4 nitrogen and oxygen atoms in total. The minimum atomic E-state index is -0.715. The summed E-state index contributed by atoms with van der Waals surface area (Å²) in [6.45, 7) is 1.77. The Hall–Kier alpha value is -1.68. The first-order valence-electron chi connectivity index (χ1n) is 5.75. The summed E-state index contributed by atoms with van der Waals surface area (Å²) in [5.74, 6) is 2.04. The Balaban J connectivity index is 1.87. The lowest BCUT2D eigenvalue weighted by Gasteiger charge is -2.20. The average molecular weight is 234 g/mol. The first-order chi connectivity index (χ1) is 8.34. The van der Waals surface area contributed by atoms with Gasteiger partial charge in [-0.2, -0.15) is 0 Å². The lowest BCUT2D eigenvalue weighted by molar-refractivity contribution is 0.118. The summed E-state index contributed by atoms with van der Waals surface area (Å²) in [6.07, 6.45) is 2.06. The molecule has 0 radical (unpaired) electrons. The Bertz CT molecular complexity index is 453. The highest BCUT2D eigenvalue weighted by Gasteiger charge is 2.20. The molecule has 0 amide bonds. The van der Waals surface area contributed by atoms with Crippen molar-refractivity contribution in [3.05, 3.63) is 35.6 Å². The van der Waals surface area contributed by atoms with E-state index in [-0.39, 0.29) is 0 Å². The minimum absolute atomic E-state index is 0.547. The molecule has 4 heteroatoms. The van der Waals surface area contributed by atoms with E-state index in [0.29, 0.717) is 31.3 Å². The molecule has 0 aromatic heterocycles. The van der Waals surface area contributed by atoms with E-state index in [1.165, 1.54) is 0 Å². The molecule has 1 unspecified atom stereocenters. The maximum atomic E-state index is 10.1. The van der Waals surface area contributed by atoms with Crippen LogP contribution in [0.2, 0.25) is 0 Å². The van der Waals surface area contributed by atoms with Crippen LogP contribution in [0.3, 0.4) is 0 Å². The molecule has 0 saturated heterocycles. The molecular weight excluding hydrogens is 220 g/mol. The third-order valence-corrected chi connectivity index (χ3v) is 2.88. The predicted molar refractivity (Wildman–Crippen MR) is 61.0 cm³/mol. The van der Waals surface area contributed by atoms with Crippen LogP contribution in [0.5, 0.6) is 11.5 Å². The van der Waals surface area contributed by atoms with E-state index < -0.39 is 6.10 Å².